The van der Waals surface area contributed by atoms with Crippen molar-refractivity contribution >= 4 is 33.2 Å². The largest absolute Gasteiger partial charge is 0.495 e. The summed E-state index contributed by atoms with van der Waals surface area (Å²) in [6.45, 7) is 5.64. The number of benzene rings is 1. The lowest BCUT2D eigenvalue weighted by molar-refractivity contribution is -0.121. The van der Waals surface area contributed by atoms with E-state index in [1.54, 1.807) is 12.1 Å². The summed E-state index contributed by atoms with van der Waals surface area (Å²) < 4.78 is 36.4. The first-order valence-corrected chi connectivity index (χ1v) is 10.9. The molecule has 1 saturated heterocycles. The van der Waals surface area contributed by atoms with Gasteiger partial charge in [0.15, 0.2) is 0 Å². The molecule has 0 unspecified atom stereocenters. The molecule has 0 radical (unpaired) electrons. The molecule has 152 valence electrons. The second-order valence-corrected chi connectivity index (χ2v) is 8.59. The Labute approximate surface area is 165 Å². The fraction of sp³-hybridized carbons (Fsp3) is 0.588. The van der Waals surface area contributed by atoms with E-state index in [4.69, 9.17) is 21.1 Å². The van der Waals surface area contributed by atoms with E-state index in [-0.39, 0.29) is 5.69 Å². The molecule has 1 aliphatic heterocycles. The highest BCUT2D eigenvalue weighted by Crippen LogP contribution is 2.34. The zero-order valence-electron chi connectivity index (χ0n) is 15.8. The van der Waals surface area contributed by atoms with Gasteiger partial charge < -0.3 is 14.8 Å². The summed E-state index contributed by atoms with van der Waals surface area (Å²) in [4.78, 5) is 14.8. The number of hydrogen-bond donors (Lipinski definition) is 1. The molecule has 0 spiro atoms. The summed E-state index contributed by atoms with van der Waals surface area (Å²) in [5.41, 5.74) is 0.225. The number of hydrogen-bond acceptors (Lipinski definition) is 6. The van der Waals surface area contributed by atoms with Crippen LogP contribution in [-0.2, 0) is 19.6 Å². The van der Waals surface area contributed by atoms with E-state index >= 15 is 0 Å². The van der Waals surface area contributed by atoms with Gasteiger partial charge >= 0.3 is 0 Å². The molecule has 0 aromatic heterocycles. The maximum absolute atomic E-state index is 12.6. The van der Waals surface area contributed by atoms with Crippen molar-refractivity contribution in [2.24, 2.45) is 0 Å². The minimum Gasteiger partial charge on any atom is -0.495 e. The highest BCUT2D eigenvalue weighted by Gasteiger charge is 2.31. The second-order valence-electron chi connectivity index (χ2n) is 6.30. The van der Waals surface area contributed by atoms with Gasteiger partial charge in [-0.05, 0) is 25.1 Å². The summed E-state index contributed by atoms with van der Waals surface area (Å²) in [5, 5.41) is 3.15. The van der Waals surface area contributed by atoms with Crippen LogP contribution in [0.5, 0.6) is 5.75 Å². The van der Waals surface area contributed by atoms with E-state index in [9.17, 15) is 13.2 Å². The number of methoxy groups -OCH3 is 1. The molecule has 8 nitrogen and oxygen atoms in total. The Morgan fingerprint density at radius 3 is 2.67 bits per heavy atom. The van der Waals surface area contributed by atoms with Crippen molar-refractivity contribution in [3.8, 4) is 5.75 Å². The van der Waals surface area contributed by atoms with Crippen LogP contribution in [0.15, 0.2) is 18.2 Å². The predicted molar refractivity (Wildman–Crippen MR) is 105 cm³/mol. The van der Waals surface area contributed by atoms with Gasteiger partial charge in [-0.3, -0.25) is 14.0 Å². The SMILES string of the molecule is COc1ccc(Cl)cc1N([C@@H](C)C(=O)NCCN1CCOCC1)S(C)(=O)=O. The Balaban J connectivity index is 2.11. The van der Waals surface area contributed by atoms with Crippen LogP contribution in [0.1, 0.15) is 6.92 Å². The number of carbonyl (C=O) groups is 1. The van der Waals surface area contributed by atoms with Crippen LogP contribution in [0.2, 0.25) is 5.02 Å². The lowest BCUT2D eigenvalue weighted by Crippen LogP contribution is -2.49. The lowest BCUT2D eigenvalue weighted by atomic mass is 10.2. The van der Waals surface area contributed by atoms with Crippen LogP contribution in [-0.4, -0.2) is 78.0 Å². The van der Waals surface area contributed by atoms with Crippen molar-refractivity contribution in [2.75, 3.05) is 57.1 Å². The zero-order valence-corrected chi connectivity index (χ0v) is 17.3. The average Bonchev–Trinajstić information content (AvgIpc) is 2.61. The standard InChI is InChI=1S/C17H26ClN3O5S/c1-13(17(22)19-6-7-20-8-10-26-11-9-20)21(27(3,23)24)15-12-14(18)4-5-16(15)25-2/h4-5,12-13H,6-11H2,1-3H3,(H,19,22)/t13-/m0/s1. The number of nitrogens with one attached hydrogen (secondary N) is 1. The summed E-state index contributed by atoms with van der Waals surface area (Å²) in [5.74, 6) is -0.0755. The first kappa shape index (κ1) is 21.7. The van der Waals surface area contributed by atoms with Gasteiger partial charge in [-0.1, -0.05) is 11.6 Å². The smallest absolute Gasteiger partial charge is 0.243 e. The number of rotatable bonds is 8. The fourth-order valence-electron chi connectivity index (χ4n) is 2.93. The van der Waals surface area contributed by atoms with E-state index in [0.29, 0.717) is 37.1 Å². The Morgan fingerprint density at radius 2 is 2.07 bits per heavy atom. The van der Waals surface area contributed by atoms with Gasteiger partial charge in [0.1, 0.15) is 11.8 Å². The number of carbonyl (C=O) groups excluding carboxylic acids is 1. The Bertz CT molecular complexity index is 753. The van der Waals surface area contributed by atoms with Gasteiger partial charge in [0.05, 0.1) is 32.3 Å². The van der Waals surface area contributed by atoms with Crippen molar-refractivity contribution in [1.29, 1.82) is 0 Å². The van der Waals surface area contributed by atoms with Gasteiger partial charge in [-0.25, -0.2) is 8.42 Å². The molecule has 10 heteroatoms. The summed E-state index contributed by atoms with van der Waals surface area (Å²) in [6.07, 6.45) is 1.05. The van der Waals surface area contributed by atoms with Gasteiger partial charge in [-0.15, -0.1) is 0 Å². The average molecular weight is 420 g/mol. The number of ether oxygens (including phenoxy) is 2. The molecule has 1 aromatic rings. The van der Waals surface area contributed by atoms with Gasteiger partial charge in [0, 0.05) is 31.2 Å². The molecule has 27 heavy (non-hydrogen) atoms. The Hall–Kier alpha value is -1.55. The quantitative estimate of drug-likeness (QED) is 0.675. The normalized spacial score (nSPS) is 16.6. The molecule has 1 atom stereocenters. The number of amides is 1. The molecular weight excluding hydrogens is 394 g/mol. The maximum Gasteiger partial charge on any atom is 0.243 e. The summed E-state index contributed by atoms with van der Waals surface area (Å²) >= 11 is 6.03. The molecular formula is C17H26ClN3O5S. The topological polar surface area (TPSA) is 88.2 Å². The first-order valence-electron chi connectivity index (χ1n) is 8.65. The van der Waals surface area contributed by atoms with Crippen LogP contribution < -0.4 is 14.4 Å². The third kappa shape index (κ3) is 5.97. The molecule has 1 fully saturated rings. The minimum atomic E-state index is -3.75. The number of halogens is 1. The zero-order chi connectivity index (χ0) is 20.0. The fourth-order valence-corrected chi connectivity index (χ4v) is 4.26. The van der Waals surface area contributed by atoms with Crippen molar-refractivity contribution in [1.82, 2.24) is 10.2 Å². The molecule has 1 N–H and O–H groups in total. The molecule has 2 rings (SSSR count). The second kappa shape index (κ2) is 9.59. The highest BCUT2D eigenvalue weighted by molar-refractivity contribution is 7.92. The molecule has 0 bridgehead atoms. The van der Waals surface area contributed by atoms with Crippen LogP contribution in [0.25, 0.3) is 0 Å². The van der Waals surface area contributed by atoms with Crippen LogP contribution in [0.3, 0.4) is 0 Å². The van der Waals surface area contributed by atoms with E-state index in [1.165, 1.54) is 20.1 Å². The van der Waals surface area contributed by atoms with E-state index < -0.39 is 22.0 Å². The molecule has 1 aliphatic rings. The van der Waals surface area contributed by atoms with Crippen molar-refractivity contribution in [3.05, 3.63) is 23.2 Å². The number of nitrogens with zero attached hydrogens (tertiary/aromatic N) is 2. The monoisotopic (exact) mass is 419 g/mol. The van der Waals surface area contributed by atoms with Crippen molar-refractivity contribution in [3.63, 3.8) is 0 Å². The number of morpholine rings is 1. The van der Waals surface area contributed by atoms with Crippen molar-refractivity contribution < 1.29 is 22.7 Å². The minimum absolute atomic E-state index is 0.225. The maximum atomic E-state index is 12.6. The number of anilines is 1. The van der Waals surface area contributed by atoms with Crippen molar-refractivity contribution in [2.45, 2.75) is 13.0 Å². The van der Waals surface area contributed by atoms with Gasteiger partial charge in [0.2, 0.25) is 15.9 Å². The molecule has 1 amide bonds. The highest BCUT2D eigenvalue weighted by atomic mass is 35.5. The molecule has 0 saturated carbocycles. The molecule has 0 aliphatic carbocycles. The van der Waals surface area contributed by atoms with Gasteiger partial charge in [-0.2, -0.15) is 0 Å². The summed E-state index contributed by atoms with van der Waals surface area (Å²) in [7, 11) is -2.32. The van der Waals surface area contributed by atoms with E-state index in [1.807, 2.05) is 0 Å². The lowest BCUT2D eigenvalue weighted by Gasteiger charge is -2.30. The summed E-state index contributed by atoms with van der Waals surface area (Å²) in [6, 6.07) is 3.67. The van der Waals surface area contributed by atoms with Crippen LogP contribution >= 0.6 is 11.6 Å². The Morgan fingerprint density at radius 1 is 1.41 bits per heavy atom. The Kier molecular flexibility index (Phi) is 7.72. The van der Waals surface area contributed by atoms with Crippen LogP contribution in [0, 0.1) is 0 Å². The van der Waals surface area contributed by atoms with Crippen LogP contribution in [0.4, 0.5) is 5.69 Å². The third-order valence-electron chi connectivity index (χ3n) is 4.30. The van der Waals surface area contributed by atoms with Gasteiger partial charge in [0.25, 0.3) is 0 Å². The third-order valence-corrected chi connectivity index (χ3v) is 5.76. The first-order chi connectivity index (χ1) is 12.7. The predicted octanol–water partition coefficient (Wildman–Crippen LogP) is 0.951. The van der Waals surface area contributed by atoms with E-state index in [2.05, 4.69) is 10.2 Å². The molecule has 1 heterocycles. The number of sulfonamides is 1. The van der Waals surface area contributed by atoms with E-state index in [0.717, 1.165) is 23.7 Å². The molecule has 1 aromatic carbocycles.